The molecule has 2 N–H and O–H groups in total. The summed E-state index contributed by atoms with van der Waals surface area (Å²) in [5.41, 5.74) is 12.9. The van der Waals surface area contributed by atoms with Crippen molar-refractivity contribution in [3.05, 3.63) is 89.1 Å². The zero-order valence-electron chi connectivity index (χ0n) is 22.5. The second kappa shape index (κ2) is 10.3. The number of nitrogen functional groups attached to an aromatic ring is 1. The van der Waals surface area contributed by atoms with Gasteiger partial charge in [0, 0.05) is 35.8 Å². The summed E-state index contributed by atoms with van der Waals surface area (Å²) in [7, 11) is 0. The molecule has 200 valence electrons. The third-order valence-electron chi connectivity index (χ3n) is 8.41. The maximum atomic E-state index is 12.4. The van der Waals surface area contributed by atoms with Gasteiger partial charge in [-0.15, -0.1) is 0 Å². The van der Waals surface area contributed by atoms with E-state index in [9.17, 15) is 4.79 Å². The molecule has 1 saturated heterocycles. The number of carbonyl (C=O) groups excluding carboxylic acids is 1. The van der Waals surface area contributed by atoms with E-state index in [0.717, 1.165) is 71.3 Å². The fourth-order valence-electron chi connectivity index (χ4n) is 6.40. The fraction of sp³-hybridized carbons (Fsp3) is 0.333. The zero-order valence-corrected chi connectivity index (χ0v) is 22.5. The number of anilines is 1. The number of hydrogen-bond donors (Lipinski definition) is 1. The number of ether oxygens (including phenoxy) is 3. The number of nitrogens with zero attached hydrogens (tertiary/aromatic N) is 1. The van der Waals surface area contributed by atoms with Gasteiger partial charge in [0.2, 0.25) is 0 Å². The molecule has 0 amide bonds. The number of hydrogen-bond acceptors (Lipinski definition) is 6. The first-order valence-corrected chi connectivity index (χ1v) is 13.8. The van der Waals surface area contributed by atoms with E-state index in [-0.39, 0.29) is 23.9 Å². The summed E-state index contributed by atoms with van der Waals surface area (Å²) < 4.78 is 17.9. The van der Waals surface area contributed by atoms with E-state index >= 15 is 0 Å². The van der Waals surface area contributed by atoms with Crippen LogP contribution in [0.25, 0.3) is 21.9 Å². The van der Waals surface area contributed by atoms with Crippen molar-refractivity contribution < 1.29 is 19.0 Å². The Morgan fingerprint density at radius 1 is 1.08 bits per heavy atom. The number of fused-ring (bicyclic) bond motifs is 3. The SMILES string of the molecule is CCOC(=O)Cc1c(C)cccc1OC1CC2(CCOCC2)c2ccc(-c3cccc4c(N)nccc34)cc21. The van der Waals surface area contributed by atoms with E-state index in [1.54, 1.807) is 6.20 Å². The van der Waals surface area contributed by atoms with Gasteiger partial charge in [0.05, 0.1) is 13.0 Å². The van der Waals surface area contributed by atoms with E-state index in [1.807, 2.05) is 50.2 Å². The number of pyridine rings is 1. The van der Waals surface area contributed by atoms with Crippen molar-refractivity contribution in [2.24, 2.45) is 0 Å². The summed E-state index contributed by atoms with van der Waals surface area (Å²) in [6.45, 7) is 5.71. The normalized spacial score (nSPS) is 17.7. The van der Waals surface area contributed by atoms with Crippen LogP contribution in [-0.4, -0.2) is 30.8 Å². The molecule has 1 aromatic heterocycles. The number of esters is 1. The summed E-state index contributed by atoms with van der Waals surface area (Å²) in [4.78, 5) is 16.7. The van der Waals surface area contributed by atoms with Gasteiger partial charge in [-0.25, -0.2) is 4.98 Å². The largest absolute Gasteiger partial charge is 0.485 e. The lowest BCUT2D eigenvalue weighted by Crippen LogP contribution is -2.32. The predicted octanol–water partition coefficient (Wildman–Crippen LogP) is 6.47. The number of nitrogens with two attached hydrogens (primary N) is 1. The van der Waals surface area contributed by atoms with Gasteiger partial charge in [-0.05, 0) is 84.5 Å². The molecule has 1 spiro atoms. The minimum atomic E-state index is -0.239. The van der Waals surface area contributed by atoms with Gasteiger partial charge < -0.3 is 19.9 Å². The molecule has 1 atom stereocenters. The van der Waals surface area contributed by atoms with Gasteiger partial charge in [0.25, 0.3) is 0 Å². The average Bonchev–Trinajstić information content (AvgIpc) is 3.22. The summed E-state index contributed by atoms with van der Waals surface area (Å²) in [6.07, 6.45) is 4.65. The Morgan fingerprint density at radius 3 is 2.72 bits per heavy atom. The lowest BCUT2D eigenvalue weighted by Gasteiger charge is -2.34. The number of carbonyl (C=O) groups is 1. The first-order chi connectivity index (χ1) is 19.0. The number of aryl methyl sites for hydroxylation is 1. The van der Waals surface area contributed by atoms with Crippen LogP contribution in [0.2, 0.25) is 0 Å². The quantitative estimate of drug-likeness (QED) is 0.292. The predicted molar refractivity (Wildman–Crippen MR) is 153 cm³/mol. The zero-order chi connectivity index (χ0) is 27.0. The Hall–Kier alpha value is -3.90. The van der Waals surface area contributed by atoms with E-state index < -0.39 is 0 Å². The highest BCUT2D eigenvalue weighted by Crippen LogP contribution is 2.53. The van der Waals surface area contributed by atoms with Crippen molar-refractivity contribution in [1.82, 2.24) is 4.98 Å². The van der Waals surface area contributed by atoms with Gasteiger partial charge in [0.1, 0.15) is 17.7 Å². The van der Waals surface area contributed by atoms with Crippen LogP contribution in [0.4, 0.5) is 5.82 Å². The standard InChI is InChI=1S/C33H34N2O4/c1-3-38-31(36)19-26-21(2)6-4-9-29(26)39-30-20-33(13-16-37-17-14-33)28-11-10-22(18-27(28)30)23-7-5-8-25-24(23)12-15-35-32(25)34/h4-12,15,18,30H,3,13-14,16-17,19-20H2,1-2H3,(H2,34,35). The first-order valence-electron chi connectivity index (χ1n) is 13.8. The van der Waals surface area contributed by atoms with Crippen molar-refractivity contribution >= 4 is 22.6 Å². The fourth-order valence-corrected chi connectivity index (χ4v) is 6.40. The molecule has 1 aliphatic carbocycles. The molecule has 1 fully saturated rings. The summed E-state index contributed by atoms with van der Waals surface area (Å²) in [5, 5.41) is 2.03. The molecule has 0 saturated carbocycles. The Morgan fingerprint density at radius 2 is 1.90 bits per heavy atom. The lowest BCUT2D eigenvalue weighted by atomic mass is 9.75. The molecule has 1 unspecified atom stereocenters. The Bertz CT molecular complexity index is 1540. The van der Waals surface area contributed by atoms with Crippen LogP contribution in [0.1, 0.15) is 54.5 Å². The molecule has 2 heterocycles. The minimum absolute atomic E-state index is 0.0228. The average molecular weight is 523 g/mol. The molecule has 0 bridgehead atoms. The molecule has 0 radical (unpaired) electrons. The number of benzene rings is 3. The Balaban J connectivity index is 1.43. The van der Waals surface area contributed by atoms with Crippen molar-refractivity contribution in [2.45, 2.75) is 51.0 Å². The second-order valence-corrected chi connectivity index (χ2v) is 10.6. The highest BCUT2D eigenvalue weighted by molar-refractivity contribution is 6.01. The van der Waals surface area contributed by atoms with Crippen LogP contribution in [0, 0.1) is 6.92 Å². The minimum Gasteiger partial charge on any atom is -0.485 e. The lowest BCUT2D eigenvalue weighted by molar-refractivity contribution is -0.142. The molecule has 39 heavy (non-hydrogen) atoms. The molecule has 4 aromatic rings. The molecule has 1 aliphatic heterocycles. The van der Waals surface area contributed by atoms with E-state index in [4.69, 9.17) is 19.9 Å². The summed E-state index contributed by atoms with van der Waals surface area (Å²) in [5.74, 6) is 1.04. The molecule has 6 rings (SSSR count). The van der Waals surface area contributed by atoms with Crippen molar-refractivity contribution in [3.63, 3.8) is 0 Å². The van der Waals surface area contributed by atoms with Crippen LogP contribution in [0.3, 0.4) is 0 Å². The van der Waals surface area contributed by atoms with Crippen LogP contribution in [0.5, 0.6) is 5.75 Å². The highest BCUT2D eigenvalue weighted by atomic mass is 16.5. The van der Waals surface area contributed by atoms with Crippen molar-refractivity contribution in [2.75, 3.05) is 25.6 Å². The van der Waals surface area contributed by atoms with Crippen LogP contribution < -0.4 is 10.5 Å². The van der Waals surface area contributed by atoms with Crippen LogP contribution >= 0.6 is 0 Å². The summed E-state index contributed by atoms with van der Waals surface area (Å²) in [6, 6.07) is 21.0. The molecule has 6 heteroatoms. The monoisotopic (exact) mass is 522 g/mol. The van der Waals surface area contributed by atoms with E-state index in [0.29, 0.717) is 12.4 Å². The van der Waals surface area contributed by atoms with Gasteiger partial charge in [-0.1, -0.05) is 42.5 Å². The summed E-state index contributed by atoms with van der Waals surface area (Å²) >= 11 is 0. The molecular formula is C33H34N2O4. The van der Waals surface area contributed by atoms with Gasteiger partial charge in [-0.2, -0.15) is 0 Å². The Labute approximate surface area is 229 Å². The molecule has 6 nitrogen and oxygen atoms in total. The third-order valence-corrected chi connectivity index (χ3v) is 8.41. The smallest absolute Gasteiger partial charge is 0.310 e. The molecule has 3 aromatic carbocycles. The highest BCUT2D eigenvalue weighted by Gasteiger charge is 2.46. The maximum Gasteiger partial charge on any atom is 0.310 e. The van der Waals surface area contributed by atoms with Crippen LogP contribution in [0.15, 0.2) is 66.9 Å². The van der Waals surface area contributed by atoms with Crippen molar-refractivity contribution in [1.29, 1.82) is 0 Å². The van der Waals surface area contributed by atoms with E-state index in [2.05, 4.69) is 29.2 Å². The topological polar surface area (TPSA) is 83.7 Å². The first kappa shape index (κ1) is 25.4. The number of aromatic nitrogens is 1. The van der Waals surface area contributed by atoms with Gasteiger partial charge in [-0.3, -0.25) is 4.79 Å². The van der Waals surface area contributed by atoms with Crippen molar-refractivity contribution in [3.8, 4) is 16.9 Å². The van der Waals surface area contributed by atoms with Gasteiger partial charge >= 0.3 is 5.97 Å². The second-order valence-electron chi connectivity index (χ2n) is 10.6. The van der Waals surface area contributed by atoms with E-state index in [1.165, 1.54) is 11.1 Å². The molecule has 2 aliphatic rings. The van der Waals surface area contributed by atoms with Crippen LogP contribution in [-0.2, 0) is 26.1 Å². The number of rotatable bonds is 6. The van der Waals surface area contributed by atoms with Gasteiger partial charge in [0.15, 0.2) is 0 Å². The maximum absolute atomic E-state index is 12.4. The third kappa shape index (κ3) is 4.63. The Kier molecular flexibility index (Phi) is 6.73. The molecular weight excluding hydrogens is 488 g/mol.